The lowest BCUT2D eigenvalue weighted by atomic mass is 9.47. The summed E-state index contributed by atoms with van der Waals surface area (Å²) in [6, 6.07) is 0. The van der Waals surface area contributed by atoms with Crippen LogP contribution >= 0.6 is 0 Å². The van der Waals surface area contributed by atoms with Crippen molar-refractivity contribution in [2.45, 2.75) is 96.1 Å². The maximum Gasteiger partial charge on any atom is 0.157 e. The highest BCUT2D eigenvalue weighted by atomic mass is 16.7. The third-order valence-electron chi connectivity index (χ3n) is 9.47. The molecule has 4 aliphatic carbocycles. The first-order chi connectivity index (χ1) is 13.6. The minimum Gasteiger partial charge on any atom is -0.395 e. The van der Waals surface area contributed by atoms with E-state index in [9.17, 15) is 10.2 Å². The summed E-state index contributed by atoms with van der Waals surface area (Å²) in [7, 11) is 0. The maximum atomic E-state index is 10.7. The molecule has 5 unspecified atom stereocenters. The lowest BCUT2D eigenvalue weighted by Crippen LogP contribution is -2.54. The van der Waals surface area contributed by atoms with Gasteiger partial charge in [0.2, 0.25) is 0 Å². The predicted molar refractivity (Wildman–Crippen MR) is 108 cm³/mol. The fraction of sp³-hybridized carbons (Fsp3) is 0.917. The molecular formula is C24H38O4. The van der Waals surface area contributed by atoms with Gasteiger partial charge in [0.1, 0.15) is 0 Å². The van der Waals surface area contributed by atoms with Gasteiger partial charge in [-0.05, 0) is 93.8 Å². The summed E-state index contributed by atoms with van der Waals surface area (Å²) in [5.41, 5.74) is 1.50. The largest absolute Gasteiger partial charge is 0.395 e. The number of fused-ring (bicyclic) bond motifs is 5. The fourth-order valence-electron chi connectivity index (χ4n) is 7.93. The van der Waals surface area contributed by atoms with Gasteiger partial charge in [0, 0.05) is 12.0 Å². The van der Waals surface area contributed by atoms with E-state index in [0.717, 1.165) is 64.4 Å². The van der Waals surface area contributed by atoms with Gasteiger partial charge >= 0.3 is 0 Å². The number of aliphatic hydroxyl groups is 2. The second-order valence-corrected chi connectivity index (χ2v) is 10.6. The highest BCUT2D eigenvalue weighted by Gasteiger charge is 2.60. The van der Waals surface area contributed by atoms with Crippen molar-refractivity contribution >= 4 is 0 Å². The summed E-state index contributed by atoms with van der Waals surface area (Å²) >= 11 is 0. The number of aliphatic hydroxyl groups excluding tert-OH is 2. The Balaban J connectivity index is 1.38. The molecule has 158 valence electrons. The van der Waals surface area contributed by atoms with E-state index in [4.69, 9.17) is 9.47 Å². The summed E-state index contributed by atoms with van der Waals surface area (Å²) < 4.78 is 12.2. The first kappa shape index (κ1) is 19.5. The normalized spacial score (nSPS) is 51.0. The molecule has 8 atom stereocenters. The molecule has 4 fully saturated rings. The Hall–Kier alpha value is -0.420. The molecule has 1 aliphatic heterocycles. The van der Waals surface area contributed by atoms with Crippen LogP contribution in [0, 0.1) is 28.6 Å². The van der Waals surface area contributed by atoms with E-state index in [1.165, 1.54) is 18.4 Å². The van der Waals surface area contributed by atoms with Crippen LogP contribution in [0.15, 0.2) is 11.6 Å². The van der Waals surface area contributed by atoms with E-state index in [1.54, 1.807) is 0 Å². The Morgan fingerprint density at radius 1 is 1.14 bits per heavy atom. The van der Waals surface area contributed by atoms with Crippen molar-refractivity contribution in [3.05, 3.63) is 11.6 Å². The third kappa shape index (κ3) is 2.93. The standard InChI is InChI=1S/C24H38O4/c1-23-12-11-20-18(19(23)9-10-21(23)26)8-6-16-5-7-17(14-24(16,20)15-25)28-22-4-2-3-13-27-22/h5,17-22,25-26H,2-4,6-15H2,1H3/t17?,18?,19?,20?,21-,22?,23-,24+/m0/s1. The van der Waals surface area contributed by atoms with E-state index < -0.39 is 0 Å². The van der Waals surface area contributed by atoms with Crippen LogP contribution in [0.5, 0.6) is 0 Å². The molecule has 0 radical (unpaired) electrons. The molecule has 1 saturated heterocycles. The van der Waals surface area contributed by atoms with Crippen molar-refractivity contribution in [1.29, 1.82) is 0 Å². The van der Waals surface area contributed by atoms with E-state index >= 15 is 0 Å². The van der Waals surface area contributed by atoms with Gasteiger partial charge in [-0.25, -0.2) is 0 Å². The lowest BCUT2D eigenvalue weighted by molar-refractivity contribution is -0.201. The maximum absolute atomic E-state index is 10.7. The van der Waals surface area contributed by atoms with Gasteiger partial charge in [-0.3, -0.25) is 0 Å². The Morgan fingerprint density at radius 3 is 2.82 bits per heavy atom. The van der Waals surface area contributed by atoms with E-state index in [0.29, 0.717) is 17.8 Å². The van der Waals surface area contributed by atoms with Gasteiger partial charge in [-0.2, -0.15) is 0 Å². The molecule has 0 aromatic rings. The van der Waals surface area contributed by atoms with Gasteiger partial charge in [0.25, 0.3) is 0 Å². The molecule has 3 saturated carbocycles. The molecule has 0 aromatic heterocycles. The molecule has 0 bridgehead atoms. The highest BCUT2D eigenvalue weighted by Crippen LogP contribution is 2.65. The van der Waals surface area contributed by atoms with Gasteiger partial charge in [0.15, 0.2) is 6.29 Å². The molecule has 5 rings (SSSR count). The van der Waals surface area contributed by atoms with Crippen LogP contribution in [0.1, 0.15) is 77.6 Å². The minimum absolute atomic E-state index is 0.0524. The molecule has 1 heterocycles. The summed E-state index contributed by atoms with van der Waals surface area (Å²) in [5.74, 6) is 1.80. The topological polar surface area (TPSA) is 58.9 Å². The van der Waals surface area contributed by atoms with Crippen molar-refractivity contribution < 1.29 is 19.7 Å². The smallest absolute Gasteiger partial charge is 0.157 e. The average molecular weight is 391 g/mol. The zero-order valence-corrected chi connectivity index (χ0v) is 17.4. The zero-order valence-electron chi connectivity index (χ0n) is 17.4. The van der Waals surface area contributed by atoms with Crippen LogP contribution in [-0.4, -0.2) is 41.9 Å². The number of hydrogen-bond donors (Lipinski definition) is 2. The van der Waals surface area contributed by atoms with Crippen molar-refractivity contribution in [3.8, 4) is 0 Å². The second kappa shape index (κ2) is 7.37. The first-order valence-electron chi connectivity index (χ1n) is 11.8. The van der Waals surface area contributed by atoms with Crippen molar-refractivity contribution in [2.24, 2.45) is 28.6 Å². The Bertz CT molecular complexity index is 612. The molecule has 2 N–H and O–H groups in total. The summed E-state index contributed by atoms with van der Waals surface area (Å²) in [5, 5.41) is 21.4. The van der Waals surface area contributed by atoms with E-state index in [-0.39, 0.29) is 35.9 Å². The predicted octanol–water partition coefficient (Wildman–Crippen LogP) is 4.19. The molecule has 0 aromatic carbocycles. The van der Waals surface area contributed by atoms with Gasteiger partial charge < -0.3 is 19.7 Å². The van der Waals surface area contributed by atoms with Crippen LogP contribution in [0.25, 0.3) is 0 Å². The van der Waals surface area contributed by atoms with Crippen LogP contribution in [-0.2, 0) is 9.47 Å². The molecule has 0 spiro atoms. The Labute approximate surface area is 169 Å². The Kier molecular flexibility index (Phi) is 5.14. The summed E-state index contributed by atoms with van der Waals surface area (Å²) in [6.07, 6.45) is 14.4. The molecule has 5 aliphatic rings. The van der Waals surface area contributed by atoms with Gasteiger partial charge in [-0.15, -0.1) is 0 Å². The number of rotatable bonds is 3. The second-order valence-electron chi connectivity index (χ2n) is 10.6. The highest BCUT2D eigenvalue weighted by molar-refractivity contribution is 5.26. The van der Waals surface area contributed by atoms with Crippen molar-refractivity contribution in [2.75, 3.05) is 13.2 Å². The zero-order chi connectivity index (χ0) is 19.4. The van der Waals surface area contributed by atoms with Crippen molar-refractivity contribution in [1.82, 2.24) is 0 Å². The van der Waals surface area contributed by atoms with Crippen LogP contribution in [0.3, 0.4) is 0 Å². The van der Waals surface area contributed by atoms with Crippen LogP contribution in [0.4, 0.5) is 0 Å². The molecule has 28 heavy (non-hydrogen) atoms. The van der Waals surface area contributed by atoms with Gasteiger partial charge in [0.05, 0.1) is 18.8 Å². The van der Waals surface area contributed by atoms with Crippen LogP contribution in [0.2, 0.25) is 0 Å². The van der Waals surface area contributed by atoms with Gasteiger partial charge in [-0.1, -0.05) is 18.6 Å². The molecular weight excluding hydrogens is 352 g/mol. The molecule has 0 amide bonds. The summed E-state index contributed by atoms with van der Waals surface area (Å²) in [6.45, 7) is 3.39. The minimum atomic E-state index is -0.133. The monoisotopic (exact) mass is 390 g/mol. The third-order valence-corrected chi connectivity index (χ3v) is 9.47. The quantitative estimate of drug-likeness (QED) is 0.709. The van der Waals surface area contributed by atoms with E-state index in [1.807, 2.05) is 0 Å². The molecule has 4 nitrogen and oxygen atoms in total. The molecule has 4 heteroatoms. The Morgan fingerprint density at radius 2 is 2.04 bits per heavy atom. The lowest BCUT2D eigenvalue weighted by Gasteiger charge is -2.59. The fourth-order valence-corrected chi connectivity index (χ4v) is 7.93. The van der Waals surface area contributed by atoms with E-state index in [2.05, 4.69) is 13.0 Å². The average Bonchev–Trinajstić information content (AvgIpc) is 3.03. The van der Waals surface area contributed by atoms with Crippen LogP contribution < -0.4 is 0 Å². The van der Waals surface area contributed by atoms with Crippen molar-refractivity contribution in [3.63, 3.8) is 0 Å². The number of hydrogen-bond acceptors (Lipinski definition) is 4. The first-order valence-corrected chi connectivity index (χ1v) is 11.8. The number of ether oxygens (including phenoxy) is 2. The SMILES string of the molecule is C[C@]12CCC3C(CCC4=CCC(OC5CCCCO5)C[C@@]43CO)C1CC[C@@H]2O. The summed E-state index contributed by atoms with van der Waals surface area (Å²) in [4.78, 5) is 0.